The minimum Gasteiger partial charge on any atom is -0.458 e. The van der Waals surface area contributed by atoms with Crippen LogP contribution in [0.2, 0.25) is 0 Å². The third-order valence-electron chi connectivity index (χ3n) is 0.841. The van der Waals surface area contributed by atoms with Gasteiger partial charge in [0.15, 0.2) is 0 Å². The van der Waals surface area contributed by atoms with E-state index in [2.05, 4.69) is 24.5 Å². The minimum atomic E-state index is -0.449. The van der Waals surface area contributed by atoms with E-state index >= 15 is 0 Å². The molecule has 0 heterocycles. The maximum Gasteiger partial charge on any atom is 0.337 e. The molecule has 54 valence electrons. The maximum absolute atomic E-state index is 10.7. The number of ether oxygens (including phenoxy) is 1. The van der Waals surface area contributed by atoms with Gasteiger partial charge in [-0.05, 0) is 0 Å². The Morgan fingerprint density at radius 2 is 2.10 bits per heavy atom. The van der Waals surface area contributed by atoms with Crippen LogP contribution in [0.4, 0.5) is 0 Å². The molecule has 0 aliphatic rings. The van der Waals surface area contributed by atoms with E-state index in [9.17, 15) is 4.79 Å². The fraction of sp³-hybridized carbons (Fsp3) is 0.125. The normalized spacial score (nSPS) is 8.00. The second-order valence-corrected chi connectivity index (χ2v) is 1.62. The predicted octanol–water partition coefficient (Wildman–Crippen LogP) is 1.46. The molecule has 2 heteroatoms. The Balaban J connectivity index is 3.73. The highest BCUT2D eigenvalue weighted by atomic mass is 16.5. The van der Waals surface area contributed by atoms with Gasteiger partial charge in [0.25, 0.3) is 0 Å². The highest BCUT2D eigenvalue weighted by Crippen LogP contribution is 1.94. The van der Waals surface area contributed by atoms with Crippen molar-refractivity contribution in [3.05, 3.63) is 37.5 Å². The Hall–Kier alpha value is -1.31. The van der Waals surface area contributed by atoms with Gasteiger partial charge in [-0.2, -0.15) is 0 Å². The molecule has 0 aliphatic carbocycles. The molecule has 0 radical (unpaired) electrons. The van der Waals surface area contributed by atoms with Crippen molar-refractivity contribution in [1.82, 2.24) is 0 Å². The van der Waals surface area contributed by atoms with Gasteiger partial charge in [0.05, 0.1) is 5.57 Å². The van der Waals surface area contributed by atoms with Gasteiger partial charge in [-0.3, -0.25) is 0 Å². The zero-order valence-electron chi connectivity index (χ0n) is 5.80. The first kappa shape index (κ1) is 8.69. The third kappa shape index (κ3) is 2.87. The minimum absolute atomic E-state index is 0.214. The monoisotopic (exact) mass is 138 g/mol. The summed E-state index contributed by atoms with van der Waals surface area (Å²) in [4.78, 5) is 10.7. The lowest BCUT2D eigenvalue weighted by molar-refractivity contribution is -0.137. The van der Waals surface area contributed by atoms with Crippen LogP contribution in [-0.2, 0) is 9.53 Å². The van der Waals surface area contributed by atoms with Gasteiger partial charge in [-0.25, -0.2) is 4.79 Å². The summed E-state index contributed by atoms with van der Waals surface area (Å²) in [6, 6.07) is 0. The largest absolute Gasteiger partial charge is 0.458 e. The van der Waals surface area contributed by atoms with Crippen molar-refractivity contribution in [2.24, 2.45) is 0 Å². The third-order valence-corrected chi connectivity index (χ3v) is 0.841. The first-order chi connectivity index (χ1) is 4.72. The number of carbonyl (C=O) groups excluding carboxylic acids is 1. The SMILES string of the molecule is C=CCOC(=O)C(=C)C=C. The molecule has 0 saturated heterocycles. The smallest absolute Gasteiger partial charge is 0.337 e. The van der Waals surface area contributed by atoms with Gasteiger partial charge in [-0.15, -0.1) is 0 Å². The number of hydrogen-bond donors (Lipinski definition) is 0. The van der Waals surface area contributed by atoms with Crippen molar-refractivity contribution in [2.75, 3.05) is 6.61 Å². The molecular formula is C8H10O2. The van der Waals surface area contributed by atoms with Gasteiger partial charge in [-0.1, -0.05) is 31.9 Å². The Labute approximate surface area is 60.5 Å². The number of esters is 1. The molecule has 0 aromatic rings. The zero-order chi connectivity index (χ0) is 7.98. The molecule has 0 bridgehead atoms. The van der Waals surface area contributed by atoms with E-state index in [1.807, 2.05) is 0 Å². The Morgan fingerprint density at radius 1 is 1.50 bits per heavy atom. The van der Waals surface area contributed by atoms with E-state index in [0.29, 0.717) is 0 Å². The Morgan fingerprint density at radius 3 is 2.50 bits per heavy atom. The highest BCUT2D eigenvalue weighted by molar-refractivity contribution is 5.90. The summed E-state index contributed by atoms with van der Waals surface area (Å²) in [5.74, 6) is -0.449. The van der Waals surface area contributed by atoms with Crippen LogP contribution in [0.3, 0.4) is 0 Å². The summed E-state index contributed by atoms with van der Waals surface area (Å²) in [5, 5.41) is 0. The van der Waals surface area contributed by atoms with Gasteiger partial charge < -0.3 is 4.74 Å². The summed E-state index contributed by atoms with van der Waals surface area (Å²) in [7, 11) is 0. The topological polar surface area (TPSA) is 26.3 Å². The summed E-state index contributed by atoms with van der Waals surface area (Å²) in [6.45, 7) is 10.4. The second kappa shape index (κ2) is 4.56. The summed E-state index contributed by atoms with van der Waals surface area (Å²) in [6.07, 6.45) is 2.85. The van der Waals surface area contributed by atoms with Gasteiger partial charge in [0.1, 0.15) is 6.61 Å². The van der Waals surface area contributed by atoms with Crippen molar-refractivity contribution >= 4 is 5.97 Å². The van der Waals surface area contributed by atoms with Gasteiger partial charge in [0, 0.05) is 0 Å². The van der Waals surface area contributed by atoms with Crippen LogP contribution >= 0.6 is 0 Å². The van der Waals surface area contributed by atoms with Crippen molar-refractivity contribution in [3.8, 4) is 0 Å². The van der Waals surface area contributed by atoms with Crippen LogP contribution in [0.15, 0.2) is 37.5 Å². The lowest BCUT2D eigenvalue weighted by Crippen LogP contribution is -2.04. The molecule has 0 fully saturated rings. The quantitative estimate of drug-likeness (QED) is 0.254. The molecule has 0 N–H and O–H groups in total. The van der Waals surface area contributed by atoms with Gasteiger partial charge >= 0.3 is 5.97 Å². The Bertz CT molecular complexity index is 168. The Kier molecular flexibility index (Phi) is 3.96. The summed E-state index contributed by atoms with van der Waals surface area (Å²) in [5.41, 5.74) is 0.266. The summed E-state index contributed by atoms with van der Waals surface area (Å²) >= 11 is 0. The molecule has 0 atom stereocenters. The van der Waals surface area contributed by atoms with Crippen LogP contribution in [0, 0.1) is 0 Å². The molecule has 0 unspecified atom stereocenters. The van der Waals surface area contributed by atoms with E-state index in [4.69, 9.17) is 0 Å². The van der Waals surface area contributed by atoms with E-state index in [-0.39, 0.29) is 12.2 Å². The molecule has 0 aromatic heterocycles. The van der Waals surface area contributed by atoms with E-state index in [1.54, 1.807) is 0 Å². The van der Waals surface area contributed by atoms with Crippen molar-refractivity contribution in [1.29, 1.82) is 0 Å². The van der Waals surface area contributed by atoms with Crippen LogP contribution in [0.25, 0.3) is 0 Å². The fourth-order valence-electron chi connectivity index (χ4n) is 0.311. The highest BCUT2D eigenvalue weighted by Gasteiger charge is 2.01. The molecule has 0 spiro atoms. The lowest BCUT2D eigenvalue weighted by Gasteiger charge is -1.98. The molecular weight excluding hydrogens is 128 g/mol. The molecule has 0 aromatic carbocycles. The molecule has 0 amide bonds. The predicted molar refractivity (Wildman–Crippen MR) is 40.5 cm³/mol. The van der Waals surface area contributed by atoms with Crippen molar-refractivity contribution < 1.29 is 9.53 Å². The molecule has 0 rings (SSSR count). The lowest BCUT2D eigenvalue weighted by atomic mass is 10.3. The average Bonchev–Trinajstić information content (AvgIpc) is 1.98. The molecule has 0 aliphatic heterocycles. The van der Waals surface area contributed by atoms with Crippen molar-refractivity contribution in [3.63, 3.8) is 0 Å². The van der Waals surface area contributed by atoms with Crippen LogP contribution in [0.1, 0.15) is 0 Å². The van der Waals surface area contributed by atoms with Crippen LogP contribution in [-0.4, -0.2) is 12.6 Å². The molecule has 2 nitrogen and oxygen atoms in total. The van der Waals surface area contributed by atoms with Crippen LogP contribution < -0.4 is 0 Å². The van der Waals surface area contributed by atoms with Crippen LogP contribution in [0.5, 0.6) is 0 Å². The number of rotatable bonds is 4. The molecule has 0 saturated carbocycles. The average molecular weight is 138 g/mol. The standard InChI is InChI=1S/C8H10O2/c1-4-6-10-8(9)7(3)5-2/h4-5H,1-3,6H2. The summed E-state index contributed by atoms with van der Waals surface area (Å²) < 4.78 is 4.62. The number of hydrogen-bond acceptors (Lipinski definition) is 2. The second-order valence-electron chi connectivity index (χ2n) is 1.62. The molecule has 10 heavy (non-hydrogen) atoms. The fourth-order valence-corrected chi connectivity index (χ4v) is 0.311. The zero-order valence-corrected chi connectivity index (χ0v) is 5.80. The maximum atomic E-state index is 10.7. The first-order valence-electron chi connectivity index (χ1n) is 2.81. The van der Waals surface area contributed by atoms with Crippen molar-refractivity contribution in [2.45, 2.75) is 0 Å². The van der Waals surface area contributed by atoms with Gasteiger partial charge in [0.2, 0.25) is 0 Å². The van der Waals surface area contributed by atoms with E-state index in [0.717, 1.165) is 0 Å². The van der Waals surface area contributed by atoms with E-state index in [1.165, 1.54) is 12.2 Å². The first-order valence-corrected chi connectivity index (χ1v) is 2.81. The van der Waals surface area contributed by atoms with E-state index < -0.39 is 5.97 Å². The number of carbonyl (C=O) groups is 1.